The number of likely N-dealkylation sites (tertiary alicyclic amines) is 1. The molecule has 1 aliphatic carbocycles. The Balaban J connectivity index is 1.39. The van der Waals surface area contributed by atoms with Gasteiger partial charge in [-0.15, -0.1) is 0 Å². The van der Waals surface area contributed by atoms with Crippen LogP contribution < -0.4 is 5.69 Å². The number of H-pyrrole nitrogens is 1. The number of nitrogens with zero attached hydrogens (tertiary/aromatic N) is 2. The summed E-state index contributed by atoms with van der Waals surface area (Å²) in [6.45, 7) is 2.12. The highest BCUT2D eigenvalue weighted by atomic mass is 16.1. The molecule has 1 saturated carbocycles. The van der Waals surface area contributed by atoms with Crippen molar-refractivity contribution in [1.29, 1.82) is 0 Å². The van der Waals surface area contributed by atoms with E-state index in [0.717, 1.165) is 37.0 Å². The first-order valence-corrected chi connectivity index (χ1v) is 13.8. The average molecular weight is 460 g/mol. The van der Waals surface area contributed by atoms with Gasteiger partial charge in [-0.1, -0.05) is 100 Å². The molecule has 2 aromatic carbocycles. The normalized spacial score (nSPS) is 21.6. The van der Waals surface area contributed by atoms with Crippen molar-refractivity contribution in [3.8, 4) is 0 Å². The number of imidazole rings is 1. The molecule has 0 radical (unpaired) electrons. The number of hydrogen-bond donors (Lipinski definition) is 1. The zero-order chi connectivity index (χ0) is 23.2. The number of para-hydroxylation sites is 2. The summed E-state index contributed by atoms with van der Waals surface area (Å²) in [5.74, 6) is 0. The van der Waals surface area contributed by atoms with E-state index in [0.29, 0.717) is 0 Å². The summed E-state index contributed by atoms with van der Waals surface area (Å²) in [6, 6.07) is 19.8. The molecular formula is C30H41N3O. The lowest BCUT2D eigenvalue weighted by Crippen LogP contribution is -2.50. The molecular weight excluding hydrogens is 418 g/mol. The van der Waals surface area contributed by atoms with Crippen molar-refractivity contribution in [1.82, 2.24) is 14.5 Å². The Kier molecular flexibility index (Phi) is 7.54. The number of hydrogen-bond acceptors (Lipinski definition) is 2. The van der Waals surface area contributed by atoms with Crippen LogP contribution in [0.1, 0.15) is 95.1 Å². The Labute approximate surface area is 204 Å². The van der Waals surface area contributed by atoms with E-state index >= 15 is 0 Å². The third kappa shape index (κ3) is 4.88. The number of rotatable bonds is 3. The van der Waals surface area contributed by atoms with Gasteiger partial charge in [-0.25, -0.2) is 4.79 Å². The van der Waals surface area contributed by atoms with Gasteiger partial charge in [0.15, 0.2) is 0 Å². The van der Waals surface area contributed by atoms with Gasteiger partial charge in [-0.3, -0.25) is 9.47 Å². The lowest BCUT2D eigenvalue weighted by molar-refractivity contribution is 0.0296. The Bertz CT molecular complexity index is 1080. The minimum absolute atomic E-state index is 0.0448. The quantitative estimate of drug-likeness (QED) is 0.451. The number of fused-ring (bicyclic) bond motifs is 1. The first kappa shape index (κ1) is 23.4. The van der Waals surface area contributed by atoms with E-state index in [1.807, 2.05) is 22.8 Å². The van der Waals surface area contributed by atoms with Gasteiger partial charge in [0.25, 0.3) is 0 Å². The van der Waals surface area contributed by atoms with Gasteiger partial charge in [0.05, 0.1) is 11.0 Å². The molecule has 4 nitrogen and oxygen atoms in total. The maximum atomic E-state index is 12.8. The van der Waals surface area contributed by atoms with Crippen LogP contribution in [0.3, 0.4) is 0 Å². The summed E-state index contributed by atoms with van der Waals surface area (Å²) in [5.41, 5.74) is 3.69. The van der Waals surface area contributed by atoms with Gasteiger partial charge in [0, 0.05) is 24.7 Å². The van der Waals surface area contributed by atoms with E-state index in [1.54, 1.807) is 0 Å². The van der Waals surface area contributed by atoms with Gasteiger partial charge in [-0.05, 0) is 43.4 Å². The molecule has 2 heterocycles. The molecule has 182 valence electrons. The van der Waals surface area contributed by atoms with Gasteiger partial charge < -0.3 is 4.98 Å². The molecule has 2 aliphatic rings. The van der Waals surface area contributed by atoms with Crippen molar-refractivity contribution in [3.05, 3.63) is 70.6 Å². The van der Waals surface area contributed by atoms with Gasteiger partial charge in [0.1, 0.15) is 0 Å². The maximum Gasteiger partial charge on any atom is 0.326 e. The predicted molar refractivity (Wildman–Crippen MR) is 141 cm³/mol. The predicted octanol–water partition coefficient (Wildman–Crippen LogP) is 7.17. The molecule has 0 amide bonds. The van der Waals surface area contributed by atoms with Crippen LogP contribution in [0.4, 0.5) is 0 Å². The highest BCUT2D eigenvalue weighted by Crippen LogP contribution is 2.42. The van der Waals surface area contributed by atoms with Crippen molar-refractivity contribution >= 4 is 11.0 Å². The number of nitrogens with one attached hydrogen (secondary N) is 1. The van der Waals surface area contributed by atoms with Crippen LogP contribution in [-0.2, 0) is 5.54 Å². The van der Waals surface area contributed by atoms with E-state index < -0.39 is 0 Å². The molecule has 5 rings (SSSR count). The molecule has 4 heteroatoms. The molecule has 3 aromatic rings. The van der Waals surface area contributed by atoms with Crippen molar-refractivity contribution in [2.45, 2.75) is 95.1 Å². The summed E-state index contributed by atoms with van der Waals surface area (Å²) in [4.78, 5) is 18.7. The van der Waals surface area contributed by atoms with Crippen LogP contribution in [0.5, 0.6) is 0 Å². The van der Waals surface area contributed by atoms with E-state index in [4.69, 9.17) is 0 Å². The Morgan fingerprint density at radius 1 is 0.706 bits per heavy atom. The second kappa shape index (κ2) is 10.9. The number of piperidine rings is 1. The minimum Gasteiger partial charge on any atom is -0.306 e. The van der Waals surface area contributed by atoms with Crippen LogP contribution in [-0.4, -0.2) is 27.5 Å². The fourth-order valence-electron chi connectivity index (χ4n) is 6.72. The standard InChI is InChI=1S/C30H41N3O/c34-29-31-27-17-11-12-18-28(27)33(29)26-19-23-32(24-20-26)30(25-15-9-8-10-16-25)21-13-6-4-2-1-3-5-7-14-22-30/h8-12,15-18,26H,1-7,13-14,19-24H2,(H,31,34). The molecule has 0 atom stereocenters. The Morgan fingerprint density at radius 3 is 1.91 bits per heavy atom. The van der Waals surface area contributed by atoms with Crippen LogP contribution in [0.25, 0.3) is 11.0 Å². The zero-order valence-corrected chi connectivity index (χ0v) is 20.7. The van der Waals surface area contributed by atoms with Crippen LogP contribution in [0.15, 0.2) is 59.4 Å². The molecule has 1 saturated heterocycles. The van der Waals surface area contributed by atoms with Gasteiger partial charge >= 0.3 is 5.69 Å². The summed E-state index contributed by atoms with van der Waals surface area (Å²) in [6.07, 6.45) is 16.9. The molecule has 0 spiro atoms. The van der Waals surface area contributed by atoms with Crippen molar-refractivity contribution in [3.63, 3.8) is 0 Å². The third-order valence-corrected chi connectivity index (χ3v) is 8.55. The average Bonchev–Trinajstić information content (AvgIpc) is 3.21. The number of aromatic amines is 1. The van der Waals surface area contributed by atoms with Crippen molar-refractivity contribution < 1.29 is 0 Å². The third-order valence-electron chi connectivity index (χ3n) is 8.55. The maximum absolute atomic E-state index is 12.8. The molecule has 2 fully saturated rings. The number of aromatic nitrogens is 2. The van der Waals surface area contributed by atoms with E-state index in [2.05, 4.69) is 46.3 Å². The fraction of sp³-hybridized carbons (Fsp3) is 0.567. The molecule has 1 aromatic heterocycles. The molecule has 0 bridgehead atoms. The van der Waals surface area contributed by atoms with Crippen LogP contribution in [0.2, 0.25) is 0 Å². The minimum atomic E-state index is 0.0448. The second-order valence-electron chi connectivity index (χ2n) is 10.6. The second-order valence-corrected chi connectivity index (χ2v) is 10.6. The highest BCUT2D eigenvalue weighted by Gasteiger charge is 2.39. The first-order chi connectivity index (χ1) is 16.8. The monoisotopic (exact) mass is 459 g/mol. The summed E-state index contributed by atoms with van der Waals surface area (Å²) in [7, 11) is 0. The zero-order valence-electron chi connectivity index (χ0n) is 20.7. The van der Waals surface area contributed by atoms with Gasteiger partial charge in [-0.2, -0.15) is 0 Å². The van der Waals surface area contributed by atoms with E-state index in [-0.39, 0.29) is 17.3 Å². The summed E-state index contributed by atoms with van der Waals surface area (Å²) >= 11 is 0. The van der Waals surface area contributed by atoms with E-state index in [1.165, 1.54) is 76.2 Å². The highest BCUT2D eigenvalue weighted by molar-refractivity contribution is 5.75. The fourth-order valence-corrected chi connectivity index (χ4v) is 6.72. The van der Waals surface area contributed by atoms with Gasteiger partial charge in [0.2, 0.25) is 0 Å². The van der Waals surface area contributed by atoms with Crippen molar-refractivity contribution in [2.75, 3.05) is 13.1 Å². The van der Waals surface area contributed by atoms with Crippen LogP contribution >= 0.6 is 0 Å². The Morgan fingerprint density at radius 2 is 1.26 bits per heavy atom. The number of benzene rings is 2. The molecule has 0 unspecified atom stereocenters. The lowest BCUT2D eigenvalue weighted by atomic mass is 9.77. The van der Waals surface area contributed by atoms with Crippen LogP contribution in [0, 0.1) is 0 Å². The molecule has 34 heavy (non-hydrogen) atoms. The summed E-state index contributed by atoms with van der Waals surface area (Å²) < 4.78 is 2.03. The largest absolute Gasteiger partial charge is 0.326 e. The molecule has 1 aliphatic heterocycles. The first-order valence-electron chi connectivity index (χ1n) is 13.8. The lowest BCUT2D eigenvalue weighted by Gasteiger charge is -2.48. The smallest absolute Gasteiger partial charge is 0.306 e. The topological polar surface area (TPSA) is 41.0 Å². The molecule has 1 N–H and O–H groups in total. The Hall–Kier alpha value is -2.33. The summed E-state index contributed by atoms with van der Waals surface area (Å²) in [5, 5.41) is 0. The van der Waals surface area contributed by atoms with E-state index in [9.17, 15) is 4.79 Å². The van der Waals surface area contributed by atoms with Crippen molar-refractivity contribution in [2.24, 2.45) is 0 Å². The SMILES string of the molecule is O=c1[nH]c2ccccc2n1C1CCN(C2(c3ccccc3)CCCCCCCCCCC2)CC1.